The smallest absolute Gasteiger partial charge is 0.316 e. The molecule has 1 aromatic carbocycles. The van der Waals surface area contributed by atoms with Crippen LogP contribution in [-0.2, 0) is 25.5 Å². The van der Waals surface area contributed by atoms with Crippen LogP contribution in [0.3, 0.4) is 0 Å². The number of hydrogen-bond donors (Lipinski definition) is 0. The highest BCUT2D eigenvalue weighted by molar-refractivity contribution is 5.78. The molecule has 0 aliphatic heterocycles. The largest absolute Gasteiger partial charge is 0.426 e. The van der Waals surface area contributed by atoms with Gasteiger partial charge in [-0.2, -0.15) is 0 Å². The fourth-order valence-electron chi connectivity index (χ4n) is 1.95. The molecule has 0 aliphatic carbocycles. The van der Waals surface area contributed by atoms with Crippen LogP contribution in [0, 0.1) is 0 Å². The summed E-state index contributed by atoms with van der Waals surface area (Å²) in [6.45, 7) is 8.27. The Hall–Kier alpha value is -2.10. The van der Waals surface area contributed by atoms with Crippen molar-refractivity contribution in [3.05, 3.63) is 48.0 Å². The lowest BCUT2D eigenvalue weighted by atomic mass is 9.97. The molecule has 0 bridgehead atoms. The standard InChI is InChI=1S/C17H22O4/c1-5-6-8-15-9-7-10-16(11-15)12(2)17(19)21-14(4)20-13(3)18/h5,7,9-12,14H,1,6,8H2,2-4H3. The van der Waals surface area contributed by atoms with E-state index in [4.69, 9.17) is 9.47 Å². The van der Waals surface area contributed by atoms with Crippen molar-refractivity contribution in [1.82, 2.24) is 0 Å². The maximum Gasteiger partial charge on any atom is 0.316 e. The number of aryl methyl sites for hydroxylation is 1. The Labute approximate surface area is 125 Å². The molecule has 1 rings (SSSR count). The molecular weight excluding hydrogens is 268 g/mol. The molecule has 114 valence electrons. The van der Waals surface area contributed by atoms with Crippen molar-refractivity contribution in [1.29, 1.82) is 0 Å². The number of rotatable bonds is 7. The van der Waals surface area contributed by atoms with E-state index in [9.17, 15) is 9.59 Å². The van der Waals surface area contributed by atoms with Crippen molar-refractivity contribution in [3.8, 4) is 0 Å². The van der Waals surface area contributed by atoms with Gasteiger partial charge >= 0.3 is 11.9 Å². The van der Waals surface area contributed by atoms with Crippen molar-refractivity contribution in [2.75, 3.05) is 0 Å². The van der Waals surface area contributed by atoms with Crippen LogP contribution >= 0.6 is 0 Å². The van der Waals surface area contributed by atoms with Gasteiger partial charge in [-0.3, -0.25) is 9.59 Å². The molecule has 0 spiro atoms. The number of carbonyl (C=O) groups is 2. The van der Waals surface area contributed by atoms with E-state index in [1.165, 1.54) is 13.8 Å². The molecule has 0 amide bonds. The number of ether oxygens (including phenoxy) is 2. The Morgan fingerprint density at radius 3 is 2.62 bits per heavy atom. The molecule has 4 nitrogen and oxygen atoms in total. The van der Waals surface area contributed by atoms with Gasteiger partial charge in [-0.25, -0.2) is 0 Å². The molecule has 0 aliphatic rings. The Kier molecular flexibility index (Phi) is 6.66. The summed E-state index contributed by atoms with van der Waals surface area (Å²) in [7, 11) is 0. The van der Waals surface area contributed by atoms with Crippen LogP contribution in [-0.4, -0.2) is 18.2 Å². The van der Waals surface area contributed by atoms with Gasteiger partial charge in [0, 0.05) is 13.8 Å². The SMILES string of the molecule is C=CCCc1cccc(C(C)C(=O)OC(C)OC(C)=O)c1. The zero-order chi connectivity index (χ0) is 15.8. The maximum absolute atomic E-state index is 12.0. The quantitative estimate of drug-likeness (QED) is 0.439. The van der Waals surface area contributed by atoms with Crippen LogP contribution in [0.5, 0.6) is 0 Å². The Morgan fingerprint density at radius 2 is 2.00 bits per heavy atom. The predicted molar refractivity (Wildman–Crippen MR) is 80.7 cm³/mol. The van der Waals surface area contributed by atoms with Crippen molar-refractivity contribution in [3.63, 3.8) is 0 Å². The van der Waals surface area contributed by atoms with E-state index in [1.807, 2.05) is 30.3 Å². The fourth-order valence-corrected chi connectivity index (χ4v) is 1.95. The highest BCUT2D eigenvalue weighted by atomic mass is 16.7. The summed E-state index contributed by atoms with van der Waals surface area (Å²) in [4.78, 5) is 22.8. The minimum absolute atomic E-state index is 0.410. The summed E-state index contributed by atoms with van der Waals surface area (Å²) in [6.07, 6.45) is 2.78. The second-order valence-electron chi connectivity index (χ2n) is 4.91. The van der Waals surface area contributed by atoms with E-state index >= 15 is 0 Å². The van der Waals surface area contributed by atoms with E-state index in [-0.39, 0.29) is 0 Å². The minimum atomic E-state index is -0.874. The Balaban J connectivity index is 2.68. The Bertz CT molecular complexity index is 507. The van der Waals surface area contributed by atoms with Gasteiger partial charge in [-0.15, -0.1) is 6.58 Å². The topological polar surface area (TPSA) is 52.6 Å². The van der Waals surface area contributed by atoms with Crippen LogP contribution < -0.4 is 0 Å². The van der Waals surface area contributed by atoms with Gasteiger partial charge in [0.1, 0.15) is 0 Å². The van der Waals surface area contributed by atoms with Crippen LogP contribution in [0.2, 0.25) is 0 Å². The lowest BCUT2D eigenvalue weighted by Gasteiger charge is -2.17. The van der Waals surface area contributed by atoms with Crippen LogP contribution in [0.15, 0.2) is 36.9 Å². The first-order chi connectivity index (χ1) is 9.93. The summed E-state index contributed by atoms with van der Waals surface area (Å²) in [5.41, 5.74) is 2.04. The van der Waals surface area contributed by atoms with Gasteiger partial charge in [0.25, 0.3) is 0 Å². The maximum atomic E-state index is 12.0. The molecule has 0 aromatic heterocycles. The first-order valence-corrected chi connectivity index (χ1v) is 7.01. The zero-order valence-corrected chi connectivity index (χ0v) is 12.8. The van der Waals surface area contributed by atoms with Crippen LogP contribution in [0.1, 0.15) is 44.2 Å². The average molecular weight is 290 g/mol. The van der Waals surface area contributed by atoms with Gasteiger partial charge in [-0.1, -0.05) is 30.3 Å². The highest BCUT2D eigenvalue weighted by Gasteiger charge is 2.20. The molecule has 0 fully saturated rings. The summed E-state index contributed by atoms with van der Waals surface area (Å²) in [5.74, 6) is -1.30. The van der Waals surface area contributed by atoms with Crippen molar-refractivity contribution >= 4 is 11.9 Å². The lowest BCUT2D eigenvalue weighted by molar-refractivity contribution is -0.183. The summed E-state index contributed by atoms with van der Waals surface area (Å²) in [6, 6.07) is 7.82. The molecule has 2 atom stereocenters. The van der Waals surface area contributed by atoms with E-state index in [0.29, 0.717) is 0 Å². The average Bonchev–Trinajstić information content (AvgIpc) is 2.43. The second-order valence-corrected chi connectivity index (χ2v) is 4.91. The normalized spacial score (nSPS) is 13.1. The molecule has 0 N–H and O–H groups in total. The van der Waals surface area contributed by atoms with Gasteiger partial charge < -0.3 is 9.47 Å². The molecule has 0 radical (unpaired) electrons. The van der Waals surface area contributed by atoms with E-state index in [2.05, 4.69) is 6.58 Å². The predicted octanol–water partition coefficient (Wildman–Crippen LogP) is 3.36. The monoisotopic (exact) mass is 290 g/mol. The number of benzene rings is 1. The van der Waals surface area contributed by atoms with Gasteiger partial charge in [0.2, 0.25) is 6.29 Å². The van der Waals surface area contributed by atoms with E-state index in [1.54, 1.807) is 6.92 Å². The molecule has 21 heavy (non-hydrogen) atoms. The van der Waals surface area contributed by atoms with Crippen LogP contribution in [0.4, 0.5) is 0 Å². The summed E-state index contributed by atoms with van der Waals surface area (Å²) >= 11 is 0. The first-order valence-electron chi connectivity index (χ1n) is 7.01. The number of esters is 2. The fraction of sp³-hybridized carbons (Fsp3) is 0.412. The van der Waals surface area contributed by atoms with Crippen LogP contribution in [0.25, 0.3) is 0 Å². The molecule has 1 aromatic rings. The summed E-state index contributed by atoms with van der Waals surface area (Å²) in [5, 5.41) is 0. The Morgan fingerprint density at radius 1 is 1.29 bits per heavy atom. The third-order valence-electron chi connectivity index (χ3n) is 3.06. The number of allylic oxidation sites excluding steroid dienone is 1. The zero-order valence-electron chi connectivity index (χ0n) is 12.8. The van der Waals surface area contributed by atoms with Gasteiger partial charge in [0.05, 0.1) is 5.92 Å². The molecule has 0 heterocycles. The van der Waals surface area contributed by atoms with E-state index < -0.39 is 24.1 Å². The first kappa shape index (κ1) is 17.0. The van der Waals surface area contributed by atoms with Crippen molar-refractivity contribution < 1.29 is 19.1 Å². The minimum Gasteiger partial charge on any atom is -0.426 e. The molecule has 4 heteroatoms. The number of hydrogen-bond acceptors (Lipinski definition) is 4. The van der Waals surface area contributed by atoms with Gasteiger partial charge in [-0.05, 0) is 30.9 Å². The van der Waals surface area contributed by atoms with Crippen molar-refractivity contribution in [2.45, 2.75) is 45.8 Å². The lowest BCUT2D eigenvalue weighted by Crippen LogP contribution is -2.23. The summed E-state index contributed by atoms with van der Waals surface area (Å²) < 4.78 is 9.89. The second kappa shape index (κ2) is 8.25. The molecule has 2 unspecified atom stereocenters. The molecular formula is C17H22O4. The van der Waals surface area contributed by atoms with Crippen molar-refractivity contribution in [2.24, 2.45) is 0 Å². The molecule has 0 saturated heterocycles. The third kappa shape index (κ3) is 5.81. The molecule has 0 saturated carbocycles. The highest BCUT2D eigenvalue weighted by Crippen LogP contribution is 2.20. The van der Waals surface area contributed by atoms with Gasteiger partial charge in [0.15, 0.2) is 0 Å². The van der Waals surface area contributed by atoms with E-state index in [0.717, 1.165) is 24.0 Å². The third-order valence-corrected chi connectivity index (χ3v) is 3.06. The number of carbonyl (C=O) groups excluding carboxylic acids is 2.